The molecule has 0 atom stereocenters. The summed E-state index contributed by atoms with van der Waals surface area (Å²) >= 11 is 0. The fraction of sp³-hybridized carbons (Fsp3) is 0.0588. The van der Waals surface area contributed by atoms with Gasteiger partial charge in [-0.1, -0.05) is 18.2 Å². The molecule has 2 N–H and O–H groups in total. The van der Waals surface area contributed by atoms with Gasteiger partial charge in [-0.05, 0) is 36.4 Å². The van der Waals surface area contributed by atoms with Crippen molar-refractivity contribution in [2.24, 2.45) is 0 Å². The predicted molar refractivity (Wildman–Crippen MR) is 92.3 cm³/mol. The first-order chi connectivity index (χ1) is 11.3. The third-order valence-corrected chi connectivity index (χ3v) is 4.06. The van der Waals surface area contributed by atoms with Crippen LogP contribution in [0.3, 0.4) is 0 Å². The predicted octanol–water partition coefficient (Wildman–Crippen LogP) is 2.28. The Morgan fingerprint density at radius 3 is 2.42 bits per heavy atom. The second kappa shape index (κ2) is 5.93. The minimum absolute atomic E-state index is 0.314. The lowest BCUT2D eigenvalue weighted by atomic mass is 10.0. The maximum atomic E-state index is 12.4. The molecular formula is C17H14N2O4S. The van der Waals surface area contributed by atoms with Gasteiger partial charge in [0.1, 0.15) is 0 Å². The lowest BCUT2D eigenvalue weighted by Gasteiger charge is -2.04. The Morgan fingerprint density at radius 1 is 1.08 bits per heavy atom. The molecule has 0 aromatic heterocycles. The van der Waals surface area contributed by atoms with Crippen LogP contribution in [-0.2, 0) is 14.8 Å². The number of carbonyl (C=O) groups is 2. The van der Waals surface area contributed by atoms with Crippen LogP contribution < -0.4 is 10.0 Å². The number of ketones is 1. The molecule has 24 heavy (non-hydrogen) atoms. The van der Waals surface area contributed by atoms with Gasteiger partial charge in [-0.2, -0.15) is 0 Å². The van der Waals surface area contributed by atoms with Gasteiger partial charge in [0, 0.05) is 22.5 Å². The lowest BCUT2D eigenvalue weighted by molar-refractivity contribution is -0.110. The SMILES string of the molecule is CS(=O)(=O)Nc1ccc(C(=O)/C=C2/C(=O)Nc3ccccc32)cc1. The van der Waals surface area contributed by atoms with Crippen molar-refractivity contribution in [2.45, 2.75) is 0 Å². The van der Waals surface area contributed by atoms with Crippen LogP contribution in [-0.4, -0.2) is 26.4 Å². The van der Waals surface area contributed by atoms with Crippen molar-refractivity contribution >= 4 is 38.7 Å². The first kappa shape index (κ1) is 15.9. The van der Waals surface area contributed by atoms with E-state index < -0.39 is 10.0 Å². The van der Waals surface area contributed by atoms with Crippen molar-refractivity contribution in [2.75, 3.05) is 16.3 Å². The normalized spacial score (nSPS) is 15.0. The van der Waals surface area contributed by atoms with E-state index in [0.717, 1.165) is 6.26 Å². The van der Waals surface area contributed by atoms with Crippen LogP contribution >= 0.6 is 0 Å². The average Bonchev–Trinajstić information content (AvgIpc) is 2.82. The highest BCUT2D eigenvalue weighted by atomic mass is 32.2. The standard InChI is InChI=1S/C17H14N2O4S/c1-24(22,23)19-12-8-6-11(7-9-12)16(20)10-14-13-4-2-3-5-15(13)18-17(14)21/h2-10,19H,1H3,(H,18,21)/b14-10+. The van der Waals surface area contributed by atoms with Gasteiger partial charge < -0.3 is 5.32 Å². The molecule has 2 aromatic carbocycles. The Bertz CT molecular complexity index is 960. The number of anilines is 2. The number of allylic oxidation sites excluding steroid dienone is 1. The van der Waals surface area contributed by atoms with Gasteiger partial charge in [-0.3, -0.25) is 14.3 Å². The van der Waals surface area contributed by atoms with Gasteiger partial charge in [-0.25, -0.2) is 8.42 Å². The molecule has 0 radical (unpaired) electrons. The van der Waals surface area contributed by atoms with Crippen molar-refractivity contribution in [1.82, 2.24) is 0 Å². The molecule has 3 rings (SSSR count). The van der Waals surface area contributed by atoms with Crippen molar-refractivity contribution in [3.8, 4) is 0 Å². The number of hydrogen-bond donors (Lipinski definition) is 2. The van der Waals surface area contributed by atoms with Crippen LogP contribution in [0.1, 0.15) is 15.9 Å². The molecule has 0 fully saturated rings. The Balaban J connectivity index is 1.86. The molecule has 7 heteroatoms. The largest absolute Gasteiger partial charge is 0.321 e. The lowest BCUT2D eigenvalue weighted by Crippen LogP contribution is -2.09. The van der Waals surface area contributed by atoms with E-state index in [1.807, 2.05) is 0 Å². The van der Waals surface area contributed by atoms with E-state index in [-0.39, 0.29) is 11.7 Å². The number of hydrogen-bond acceptors (Lipinski definition) is 4. The van der Waals surface area contributed by atoms with Crippen molar-refractivity contribution in [1.29, 1.82) is 0 Å². The third kappa shape index (κ3) is 3.36. The van der Waals surface area contributed by atoms with Crippen molar-refractivity contribution < 1.29 is 18.0 Å². The van der Waals surface area contributed by atoms with Crippen molar-refractivity contribution in [3.05, 3.63) is 65.7 Å². The van der Waals surface area contributed by atoms with Gasteiger partial charge in [0.2, 0.25) is 10.0 Å². The van der Waals surface area contributed by atoms with E-state index >= 15 is 0 Å². The summed E-state index contributed by atoms with van der Waals surface area (Å²) in [6.07, 6.45) is 2.34. The number of carbonyl (C=O) groups excluding carboxylic acids is 2. The average molecular weight is 342 g/mol. The molecule has 1 aliphatic rings. The monoisotopic (exact) mass is 342 g/mol. The van der Waals surface area contributed by atoms with Gasteiger partial charge in [0.25, 0.3) is 5.91 Å². The minimum atomic E-state index is -3.37. The van der Waals surface area contributed by atoms with Crippen molar-refractivity contribution in [3.63, 3.8) is 0 Å². The minimum Gasteiger partial charge on any atom is -0.321 e. The summed E-state index contributed by atoms with van der Waals surface area (Å²) in [5.41, 5.74) is 2.40. The van der Waals surface area contributed by atoms with Crippen LogP contribution in [0.2, 0.25) is 0 Å². The third-order valence-electron chi connectivity index (χ3n) is 3.46. The second-order valence-corrected chi connectivity index (χ2v) is 7.12. The number of benzene rings is 2. The van der Waals surface area contributed by atoms with Gasteiger partial charge in [0.15, 0.2) is 5.78 Å². The molecule has 6 nitrogen and oxygen atoms in total. The molecule has 0 spiro atoms. The van der Waals surface area contributed by atoms with E-state index in [9.17, 15) is 18.0 Å². The molecule has 122 valence electrons. The highest BCUT2D eigenvalue weighted by Gasteiger charge is 2.24. The summed E-state index contributed by atoms with van der Waals surface area (Å²) in [6, 6.07) is 13.1. The fourth-order valence-electron chi connectivity index (χ4n) is 2.41. The van der Waals surface area contributed by atoms with Gasteiger partial charge in [0.05, 0.1) is 11.8 Å². The summed E-state index contributed by atoms with van der Waals surface area (Å²) in [7, 11) is -3.37. The molecule has 1 aliphatic heterocycles. The van der Waals surface area contributed by atoms with Crippen LogP contribution in [0.4, 0.5) is 11.4 Å². The second-order valence-electron chi connectivity index (χ2n) is 5.37. The van der Waals surface area contributed by atoms with Gasteiger partial charge >= 0.3 is 0 Å². The van der Waals surface area contributed by atoms with E-state index in [0.29, 0.717) is 28.1 Å². The summed E-state index contributed by atoms with van der Waals surface area (Å²) in [5.74, 6) is -0.650. The Morgan fingerprint density at radius 2 is 1.75 bits per heavy atom. The highest BCUT2D eigenvalue weighted by Crippen LogP contribution is 2.31. The van der Waals surface area contributed by atoms with Crippen LogP contribution in [0.15, 0.2) is 54.6 Å². The molecule has 0 bridgehead atoms. The summed E-state index contributed by atoms with van der Waals surface area (Å²) in [4.78, 5) is 24.4. The summed E-state index contributed by atoms with van der Waals surface area (Å²) in [5, 5.41) is 2.70. The number of nitrogens with one attached hydrogen (secondary N) is 2. The van der Waals surface area contributed by atoms with Crippen LogP contribution in [0.5, 0.6) is 0 Å². The Kier molecular flexibility index (Phi) is 3.94. The molecule has 0 saturated heterocycles. The zero-order valence-corrected chi connectivity index (χ0v) is 13.6. The fourth-order valence-corrected chi connectivity index (χ4v) is 2.98. The number of para-hydroxylation sites is 1. The Hall–Kier alpha value is -2.93. The Labute approximate surface area is 139 Å². The van der Waals surface area contributed by atoms with Gasteiger partial charge in [-0.15, -0.1) is 0 Å². The number of fused-ring (bicyclic) bond motifs is 1. The highest BCUT2D eigenvalue weighted by molar-refractivity contribution is 7.92. The molecular weight excluding hydrogens is 328 g/mol. The quantitative estimate of drug-likeness (QED) is 0.658. The molecule has 0 saturated carbocycles. The topological polar surface area (TPSA) is 92.3 Å². The number of amides is 1. The zero-order valence-electron chi connectivity index (χ0n) is 12.7. The smallest absolute Gasteiger partial charge is 0.256 e. The zero-order chi connectivity index (χ0) is 17.3. The molecule has 1 amide bonds. The molecule has 1 heterocycles. The van der Waals surface area contributed by atoms with E-state index in [4.69, 9.17) is 0 Å². The maximum Gasteiger partial charge on any atom is 0.256 e. The summed E-state index contributed by atoms with van der Waals surface area (Å²) in [6.45, 7) is 0. The summed E-state index contributed by atoms with van der Waals surface area (Å²) < 4.78 is 24.7. The van der Waals surface area contributed by atoms with Crippen LogP contribution in [0, 0.1) is 0 Å². The first-order valence-electron chi connectivity index (χ1n) is 7.08. The van der Waals surface area contributed by atoms with Crippen LogP contribution in [0.25, 0.3) is 5.57 Å². The number of sulfonamides is 1. The molecule has 0 aliphatic carbocycles. The van der Waals surface area contributed by atoms with E-state index in [2.05, 4.69) is 10.0 Å². The first-order valence-corrected chi connectivity index (χ1v) is 8.97. The molecule has 2 aromatic rings. The van der Waals surface area contributed by atoms with E-state index in [1.165, 1.54) is 30.3 Å². The molecule has 0 unspecified atom stereocenters. The number of rotatable bonds is 4. The van der Waals surface area contributed by atoms with E-state index in [1.54, 1.807) is 24.3 Å². The maximum absolute atomic E-state index is 12.4.